The topological polar surface area (TPSA) is 60.1 Å². The van der Waals surface area contributed by atoms with Gasteiger partial charge in [-0.2, -0.15) is 0 Å². The standard InChI is InChI=1S/C19H22N4O2/c1-21(2)23-11-9-17-15(19(23)25)12-14-16(20-17)8-10-22(18(14)24)13-6-4-3-5-7-13/h8-13H,3-7H2,1-2H3. The molecule has 0 N–H and O–H groups in total. The lowest BCUT2D eigenvalue weighted by atomic mass is 9.95. The highest BCUT2D eigenvalue weighted by molar-refractivity contribution is 5.91. The van der Waals surface area contributed by atoms with Crippen LogP contribution in [0.5, 0.6) is 0 Å². The summed E-state index contributed by atoms with van der Waals surface area (Å²) in [6.45, 7) is 0. The van der Waals surface area contributed by atoms with Gasteiger partial charge in [0.25, 0.3) is 11.1 Å². The molecule has 25 heavy (non-hydrogen) atoms. The van der Waals surface area contributed by atoms with E-state index in [1.165, 1.54) is 23.9 Å². The Kier molecular flexibility index (Phi) is 3.82. The summed E-state index contributed by atoms with van der Waals surface area (Å²) < 4.78 is 3.35. The van der Waals surface area contributed by atoms with E-state index in [9.17, 15) is 9.59 Å². The second-order valence-corrected chi connectivity index (χ2v) is 6.99. The van der Waals surface area contributed by atoms with Crippen LogP contribution in [-0.4, -0.2) is 28.3 Å². The molecule has 1 aliphatic carbocycles. The van der Waals surface area contributed by atoms with Crippen molar-refractivity contribution < 1.29 is 0 Å². The van der Waals surface area contributed by atoms with Crippen LogP contribution < -0.4 is 16.1 Å². The second-order valence-electron chi connectivity index (χ2n) is 6.99. The maximum absolute atomic E-state index is 13.0. The van der Waals surface area contributed by atoms with Gasteiger partial charge in [0.2, 0.25) is 0 Å². The minimum absolute atomic E-state index is 0.0431. The summed E-state index contributed by atoms with van der Waals surface area (Å²) in [5.41, 5.74) is 1.06. The number of aromatic nitrogens is 3. The van der Waals surface area contributed by atoms with Crippen LogP contribution in [0.15, 0.2) is 40.2 Å². The molecule has 3 heterocycles. The maximum atomic E-state index is 13.0. The average Bonchev–Trinajstić information content (AvgIpc) is 2.62. The van der Waals surface area contributed by atoms with Crippen molar-refractivity contribution in [2.75, 3.05) is 19.1 Å². The van der Waals surface area contributed by atoms with Gasteiger partial charge in [0, 0.05) is 32.5 Å². The summed E-state index contributed by atoms with van der Waals surface area (Å²) in [6.07, 6.45) is 9.22. The van der Waals surface area contributed by atoms with Crippen molar-refractivity contribution in [3.63, 3.8) is 0 Å². The molecular formula is C19H22N4O2. The summed E-state index contributed by atoms with van der Waals surface area (Å²) in [6, 6.07) is 5.67. The Morgan fingerprint density at radius 1 is 0.960 bits per heavy atom. The fourth-order valence-corrected chi connectivity index (χ4v) is 3.79. The van der Waals surface area contributed by atoms with E-state index in [4.69, 9.17) is 0 Å². The highest BCUT2D eigenvalue weighted by Crippen LogP contribution is 2.27. The number of nitrogens with zero attached hydrogens (tertiary/aromatic N) is 4. The predicted molar refractivity (Wildman–Crippen MR) is 100.0 cm³/mol. The zero-order valence-corrected chi connectivity index (χ0v) is 14.6. The summed E-state index contributed by atoms with van der Waals surface area (Å²) >= 11 is 0. The third-order valence-electron chi connectivity index (χ3n) is 5.15. The van der Waals surface area contributed by atoms with Gasteiger partial charge in [0.05, 0.1) is 21.8 Å². The summed E-state index contributed by atoms with van der Waals surface area (Å²) in [5, 5.41) is 2.70. The number of fused-ring (bicyclic) bond motifs is 2. The predicted octanol–water partition coefficient (Wildman–Crippen LogP) is 2.41. The first-order valence-corrected chi connectivity index (χ1v) is 8.81. The van der Waals surface area contributed by atoms with E-state index in [1.807, 2.05) is 22.9 Å². The van der Waals surface area contributed by atoms with Crippen LogP contribution >= 0.6 is 0 Å². The van der Waals surface area contributed by atoms with E-state index in [-0.39, 0.29) is 17.2 Å². The van der Waals surface area contributed by atoms with Gasteiger partial charge in [0.1, 0.15) is 0 Å². The molecule has 1 saturated carbocycles. The summed E-state index contributed by atoms with van der Waals surface area (Å²) in [5.74, 6) is 0. The lowest BCUT2D eigenvalue weighted by molar-refractivity contribution is 0.347. The molecule has 0 unspecified atom stereocenters. The van der Waals surface area contributed by atoms with Crippen LogP contribution in [0, 0.1) is 0 Å². The van der Waals surface area contributed by atoms with E-state index < -0.39 is 0 Å². The number of hydrogen-bond acceptors (Lipinski definition) is 4. The number of rotatable bonds is 2. The average molecular weight is 338 g/mol. The summed E-state index contributed by atoms with van der Waals surface area (Å²) in [7, 11) is 3.61. The third kappa shape index (κ3) is 2.62. The SMILES string of the molecule is CN(C)n1ccc2nc3ccn(C4CCCCC4)c(=O)c3cc2c1=O. The van der Waals surface area contributed by atoms with Gasteiger partial charge in [-0.1, -0.05) is 19.3 Å². The van der Waals surface area contributed by atoms with Gasteiger partial charge in [0.15, 0.2) is 0 Å². The van der Waals surface area contributed by atoms with Gasteiger partial charge >= 0.3 is 0 Å². The number of pyridine rings is 3. The van der Waals surface area contributed by atoms with E-state index in [0.29, 0.717) is 21.8 Å². The van der Waals surface area contributed by atoms with Crippen LogP contribution in [0.25, 0.3) is 21.8 Å². The fraction of sp³-hybridized carbons (Fsp3) is 0.421. The molecule has 0 radical (unpaired) electrons. The molecular weight excluding hydrogens is 316 g/mol. The molecule has 0 aliphatic heterocycles. The monoisotopic (exact) mass is 338 g/mol. The molecule has 6 nitrogen and oxygen atoms in total. The number of hydrogen-bond donors (Lipinski definition) is 0. The second kappa shape index (κ2) is 6.02. The van der Waals surface area contributed by atoms with Crippen molar-refractivity contribution in [1.29, 1.82) is 0 Å². The van der Waals surface area contributed by atoms with Crippen molar-refractivity contribution in [1.82, 2.24) is 14.2 Å². The molecule has 0 spiro atoms. The Balaban J connectivity index is 1.96. The van der Waals surface area contributed by atoms with Crippen molar-refractivity contribution in [3.05, 3.63) is 51.3 Å². The molecule has 6 heteroatoms. The van der Waals surface area contributed by atoms with Gasteiger partial charge in [-0.15, -0.1) is 0 Å². The molecule has 1 fully saturated rings. The quantitative estimate of drug-likeness (QED) is 0.673. The first-order valence-electron chi connectivity index (χ1n) is 8.81. The minimum Gasteiger partial charge on any atom is -0.316 e. The zero-order valence-electron chi connectivity index (χ0n) is 14.6. The molecule has 0 aromatic carbocycles. The molecule has 130 valence electrons. The van der Waals surface area contributed by atoms with Gasteiger partial charge in [-0.3, -0.25) is 9.59 Å². The fourth-order valence-electron chi connectivity index (χ4n) is 3.79. The van der Waals surface area contributed by atoms with Gasteiger partial charge in [-0.25, -0.2) is 9.66 Å². The van der Waals surface area contributed by atoms with Crippen molar-refractivity contribution in [3.8, 4) is 0 Å². The van der Waals surface area contributed by atoms with Crippen molar-refractivity contribution in [2.24, 2.45) is 0 Å². The van der Waals surface area contributed by atoms with Crippen LogP contribution in [-0.2, 0) is 0 Å². The van der Waals surface area contributed by atoms with E-state index >= 15 is 0 Å². The molecule has 0 atom stereocenters. The van der Waals surface area contributed by atoms with Crippen LogP contribution in [0.1, 0.15) is 38.1 Å². The maximum Gasteiger partial charge on any atom is 0.278 e. The van der Waals surface area contributed by atoms with Crippen LogP contribution in [0.2, 0.25) is 0 Å². The molecule has 0 bridgehead atoms. The van der Waals surface area contributed by atoms with Gasteiger partial charge < -0.3 is 9.58 Å². The Bertz CT molecular complexity index is 1060. The van der Waals surface area contributed by atoms with Crippen LogP contribution in [0.4, 0.5) is 0 Å². The van der Waals surface area contributed by atoms with Crippen LogP contribution in [0.3, 0.4) is 0 Å². The van der Waals surface area contributed by atoms with Crippen molar-refractivity contribution >= 4 is 21.8 Å². The molecule has 1 aliphatic rings. The molecule has 3 aromatic rings. The first-order chi connectivity index (χ1) is 12.1. The molecule has 0 saturated heterocycles. The summed E-state index contributed by atoms with van der Waals surface area (Å²) in [4.78, 5) is 30.2. The van der Waals surface area contributed by atoms with Gasteiger partial charge in [-0.05, 0) is 31.0 Å². The zero-order chi connectivity index (χ0) is 17.6. The molecule has 4 rings (SSSR count). The Morgan fingerprint density at radius 3 is 2.28 bits per heavy atom. The first kappa shape index (κ1) is 15.9. The minimum atomic E-state index is -0.163. The Hall–Kier alpha value is -2.63. The molecule has 3 aromatic heterocycles. The lowest BCUT2D eigenvalue weighted by Gasteiger charge is -2.24. The highest BCUT2D eigenvalue weighted by atomic mass is 16.1. The third-order valence-corrected chi connectivity index (χ3v) is 5.15. The lowest BCUT2D eigenvalue weighted by Crippen LogP contribution is -2.35. The van der Waals surface area contributed by atoms with E-state index in [2.05, 4.69) is 4.98 Å². The van der Waals surface area contributed by atoms with Crippen molar-refractivity contribution in [2.45, 2.75) is 38.1 Å². The normalized spacial score (nSPS) is 15.8. The highest BCUT2D eigenvalue weighted by Gasteiger charge is 2.18. The Labute approximate surface area is 145 Å². The smallest absolute Gasteiger partial charge is 0.278 e. The van der Waals surface area contributed by atoms with E-state index in [1.54, 1.807) is 31.4 Å². The largest absolute Gasteiger partial charge is 0.316 e. The molecule has 0 amide bonds. The Morgan fingerprint density at radius 2 is 1.60 bits per heavy atom. The van der Waals surface area contributed by atoms with E-state index in [0.717, 1.165) is 12.8 Å².